The lowest BCUT2D eigenvalue weighted by molar-refractivity contribution is 1.31. The van der Waals surface area contributed by atoms with Crippen LogP contribution < -0.4 is 11.0 Å². The van der Waals surface area contributed by atoms with E-state index in [4.69, 9.17) is 6.42 Å². The third-order valence-corrected chi connectivity index (χ3v) is 2.12. The lowest BCUT2D eigenvalue weighted by Gasteiger charge is -1.87. The molecule has 0 aliphatic heterocycles. The molecule has 73 valence electrons. The molecule has 0 aliphatic rings. The maximum atomic E-state index is 11.7. The lowest BCUT2D eigenvalue weighted by Crippen LogP contribution is -2.06. The Morgan fingerprint density at radius 2 is 2.00 bits per heavy atom. The van der Waals surface area contributed by atoms with Gasteiger partial charge in [0.05, 0.1) is 11.1 Å². The van der Waals surface area contributed by atoms with Crippen LogP contribution in [0.2, 0.25) is 0 Å². The van der Waals surface area contributed by atoms with Crippen LogP contribution >= 0.6 is 0 Å². The van der Waals surface area contributed by atoms with Crippen molar-refractivity contribution >= 4 is 10.9 Å². The predicted molar refractivity (Wildman–Crippen MR) is 59.9 cm³/mol. The fourth-order valence-corrected chi connectivity index (χ4v) is 1.38. The Morgan fingerprint density at radius 3 is 2.73 bits per heavy atom. The number of benzene rings is 1. The molecule has 0 unspecified atom stereocenters. The van der Waals surface area contributed by atoms with Crippen LogP contribution in [0.25, 0.3) is 10.9 Å². The number of hydrogen-bond donors (Lipinski definition) is 1. The van der Waals surface area contributed by atoms with Gasteiger partial charge in [0.15, 0.2) is 5.43 Å². The third kappa shape index (κ3) is 1.53. The molecule has 0 amide bonds. The van der Waals surface area contributed by atoms with Gasteiger partial charge in [0.2, 0.25) is 0 Å². The first-order valence-electron chi connectivity index (χ1n) is 4.35. The molecule has 0 aliphatic carbocycles. The van der Waals surface area contributed by atoms with Gasteiger partial charge in [0.1, 0.15) is 0 Å². The van der Waals surface area contributed by atoms with Crippen LogP contribution in [-0.4, -0.2) is 4.98 Å². The zero-order valence-electron chi connectivity index (χ0n) is 8.78. The molecule has 0 saturated heterocycles. The number of aromatic nitrogens is 1. The second kappa shape index (κ2) is 3.43. The topological polar surface area (TPSA) is 49.9 Å². The molecule has 0 atom stereocenters. The van der Waals surface area contributed by atoms with Crippen LogP contribution in [0.5, 0.6) is 0 Å². The molecule has 0 fully saturated rings. The average molecular weight is 198 g/mol. The van der Waals surface area contributed by atoms with Gasteiger partial charge in [-0.1, -0.05) is 18.1 Å². The fraction of sp³-hybridized carbons (Fsp3) is 0. The Kier molecular flexibility index (Phi) is 2.11. The van der Waals surface area contributed by atoms with Gasteiger partial charge in [-0.2, -0.15) is 0 Å². The molecular weight excluding hydrogens is 190 g/mol. The Morgan fingerprint density at radius 1 is 1.27 bits per heavy atom. The van der Waals surface area contributed by atoms with E-state index in [1.54, 1.807) is 24.3 Å². The molecule has 2 rings (SSSR count). The van der Waals surface area contributed by atoms with E-state index in [0.717, 1.165) is 0 Å². The highest BCUT2D eigenvalue weighted by molar-refractivity contribution is 5.77. The standard InChI is InChI=1S/C12H7NO2.H/c1-2-8-7-11(14)9-5-3-4-6-10(9)13-12(8)15;/h1,3-7H,(H,13,15);. The van der Waals surface area contributed by atoms with E-state index in [1.807, 2.05) is 0 Å². The first-order valence-corrected chi connectivity index (χ1v) is 4.35. The number of terminal acetylenes is 1. The second-order valence-corrected chi connectivity index (χ2v) is 3.07. The summed E-state index contributed by atoms with van der Waals surface area (Å²) in [6.45, 7) is 0. The molecule has 2 aromatic rings. The van der Waals surface area contributed by atoms with Gasteiger partial charge in [-0.15, -0.1) is 6.42 Å². The molecule has 0 saturated carbocycles. The first kappa shape index (κ1) is 9.22. The van der Waals surface area contributed by atoms with E-state index >= 15 is 0 Å². The van der Waals surface area contributed by atoms with E-state index in [0.29, 0.717) is 10.9 Å². The average Bonchev–Trinajstić information content (AvgIpc) is 2.37. The highest BCUT2D eigenvalue weighted by Gasteiger charge is 2.00. The van der Waals surface area contributed by atoms with E-state index in [-0.39, 0.29) is 12.4 Å². The van der Waals surface area contributed by atoms with Gasteiger partial charge in [-0.25, -0.2) is 0 Å². The molecule has 3 heteroatoms. The van der Waals surface area contributed by atoms with Crippen molar-refractivity contribution in [1.29, 1.82) is 0 Å². The van der Waals surface area contributed by atoms with Crippen LogP contribution in [0.4, 0.5) is 0 Å². The summed E-state index contributed by atoms with van der Waals surface area (Å²) in [7, 11) is 0. The Bertz CT molecular complexity index is 683. The van der Waals surface area contributed by atoms with Crippen LogP contribution in [0.3, 0.4) is 0 Å². The fourth-order valence-electron chi connectivity index (χ4n) is 1.38. The van der Waals surface area contributed by atoms with Gasteiger partial charge in [-0.3, -0.25) is 9.59 Å². The van der Waals surface area contributed by atoms with Crippen LogP contribution in [0, 0.1) is 12.3 Å². The quantitative estimate of drug-likeness (QED) is 0.641. The van der Waals surface area contributed by atoms with Gasteiger partial charge >= 0.3 is 0 Å². The summed E-state index contributed by atoms with van der Waals surface area (Å²) in [6, 6.07) is 7.97. The van der Waals surface area contributed by atoms with Crippen molar-refractivity contribution in [3.05, 3.63) is 56.5 Å². The third-order valence-electron chi connectivity index (χ3n) is 2.12. The Labute approximate surface area is 86.9 Å². The van der Waals surface area contributed by atoms with Gasteiger partial charge < -0.3 is 4.98 Å². The highest BCUT2D eigenvalue weighted by atomic mass is 16.1. The largest absolute Gasteiger partial charge is 0.321 e. The maximum absolute atomic E-state index is 11.7. The van der Waals surface area contributed by atoms with Crippen molar-refractivity contribution in [2.75, 3.05) is 0 Å². The monoisotopic (exact) mass is 198 g/mol. The summed E-state index contributed by atoms with van der Waals surface area (Å²) in [5.74, 6) is 2.19. The maximum Gasteiger partial charge on any atom is 0.264 e. The molecule has 1 radical (unpaired) electrons. The van der Waals surface area contributed by atoms with E-state index in [9.17, 15) is 9.59 Å². The number of fused-ring (bicyclic) bond motifs is 1. The van der Waals surface area contributed by atoms with Crippen molar-refractivity contribution in [1.82, 2.24) is 4.98 Å². The number of H-pyrrole nitrogens is 1. The predicted octanol–water partition coefficient (Wildman–Crippen LogP) is 0.982. The molecular formula is C12H8NO2. The first-order chi connectivity index (χ1) is 7.22. The van der Waals surface area contributed by atoms with E-state index < -0.39 is 5.56 Å². The zero-order valence-corrected chi connectivity index (χ0v) is 7.78. The number of nitrogens with one attached hydrogen (secondary N) is 1. The minimum absolute atomic E-state index is 0. The molecule has 0 spiro atoms. The summed E-state index contributed by atoms with van der Waals surface area (Å²) in [5.41, 5.74) is -0.127. The molecule has 0 bridgehead atoms. The van der Waals surface area contributed by atoms with Crippen LogP contribution in [0.15, 0.2) is 39.9 Å². The second-order valence-electron chi connectivity index (χ2n) is 3.07. The molecule has 15 heavy (non-hydrogen) atoms. The summed E-state index contributed by atoms with van der Waals surface area (Å²) < 4.78 is 0. The minimum atomic E-state index is -0.421. The van der Waals surface area contributed by atoms with Crippen molar-refractivity contribution in [2.45, 2.75) is 0 Å². The number of aromatic amines is 1. The highest BCUT2D eigenvalue weighted by Crippen LogP contribution is 2.02. The summed E-state index contributed by atoms with van der Waals surface area (Å²) in [4.78, 5) is 25.7. The van der Waals surface area contributed by atoms with Crippen molar-refractivity contribution in [3.63, 3.8) is 0 Å². The minimum Gasteiger partial charge on any atom is -0.321 e. The van der Waals surface area contributed by atoms with Gasteiger partial charge in [-0.05, 0) is 12.1 Å². The van der Waals surface area contributed by atoms with Crippen LogP contribution in [-0.2, 0) is 0 Å². The zero-order chi connectivity index (χ0) is 10.8. The number of hydrogen-bond acceptors (Lipinski definition) is 2. The molecule has 3 nitrogen and oxygen atoms in total. The molecule has 1 aromatic carbocycles. The van der Waals surface area contributed by atoms with Crippen LogP contribution in [0.1, 0.15) is 6.99 Å². The lowest BCUT2D eigenvalue weighted by atomic mass is 10.2. The number of rotatable bonds is 0. The summed E-state index contributed by atoms with van der Waals surface area (Å²) in [5, 5.41) is 0.455. The Hall–Kier alpha value is -2.34. The molecule has 1 heterocycles. The SMILES string of the molecule is C#Cc1cc(=O)c2ccccc2[nH]c1=O.[H]. The summed E-state index contributed by atoms with van der Waals surface area (Å²) >= 11 is 0. The molecule has 1 N–H and O–H groups in total. The van der Waals surface area contributed by atoms with Crippen molar-refractivity contribution in [3.8, 4) is 12.3 Å². The normalized spacial score (nSPS) is 9.80. The van der Waals surface area contributed by atoms with Gasteiger partial charge in [0, 0.05) is 12.9 Å². The number of para-hydroxylation sites is 1. The van der Waals surface area contributed by atoms with Crippen molar-refractivity contribution < 1.29 is 1.43 Å². The van der Waals surface area contributed by atoms with Gasteiger partial charge in [0.25, 0.3) is 5.56 Å². The smallest absolute Gasteiger partial charge is 0.264 e. The summed E-state index contributed by atoms with van der Waals surface area (Å²) in [6.07, 6.45) is 5.13. The molecule has 1 aromatic heterocycles. The van der Waals surface area contributed by atoms with E-state index in [1.165, 1.54) is 6.07 Å². The van der Waals surface area contributed by atoms with E-state index in [2.05, 4.69) is 10.9 Å². The van der Waals surface area contributed by atoms with Crippen molar-refractivity contribution in [2.24, 2.45) is 0 Å². The Balaban J connectivity index is 0.00000128.